The molecule has 1 aliphatic heterocycles. The van der Waals surface area contributed by atoms with Crippen molar-refractivity contribution in [2.24, 2.45) is 0 Å². The van der Waals surface area contributed by atoms with Crippen molar-refractivity contribution in [3.05, 3.63) is 94.8 Å². The van der Waals surface area contributed by atoms with Gasteiger partial charge in [-0.1, -0.05) is 36.4 Å². The number of hydrogen-bond acceptors (Lipinski definition) is 5. The van der Waals surface area contributed by atoms with Crippen molar-refractivity contribution in [3.8, 4) is 0 Å². The molecule has 7 nitrogen and oxygen atoms in total. The monoisotopic (exact) mass is 461 g/mol. The van der Waals surface area contributed by atoms with Crippen LogP contribution in [0.4, 0.5) is 0 Å². The summed E-state index contributed by atoms with van der Waals surface area (Å²) in [6.45, 7) is 0.206. The minimum atomic E-state index is -3.68. The van der Waals surface area contributed by atoms with Crippen LogP contribution in [-0.4, -0.2) is 36.7 Å². The van der Waals surface area contributed by atoms with Crippen LogP contribution >= 0.6 is 0 Å². The van der Waals surface area contributed by atoms with Gasteiger partial charge in [-0.05, 0) is 66.6 Å². The normalized spacial score (nSPS) is 17.7. The van der Waals surface area contributed by atoms with Gasteiger partial charge >= 0.3 is 0 Å². The van der Waals surface area contributed by atoms with E-state index in [9.17, 15) is 18.0 Å². The van der Waals surface area contributed by atoms with Crippen molar-refractivity contribution in [2.45, 2.75) is 36.6 Å². The number of amides is 2. The number of aromatic nitrogens is 1. The molecular formula is C25H23N3O4S. The fourth-order valence-corrected chi connectivity index (χ4v) is 5.77. The van der Waals surface area contributed by atoms with Crippen LogP contribution in [0.5, 0.6) is 0 Å². The largest absolute Gasteiger partial charge is 0.280 e. The molecule has 0 saturated heterocycles. The summed E-state index contributed by atoms with van der Waals surface area (Å²) >= 11 is 0. The lowest BCUT2D eigenvalue weighted by Crippen LogP contribution is -2.32. The number of nitrogens with zero attached hydrogens (tertiary/aromatic N) is 2. The minimum absolute atomic E-state index is 0.180. The second kappa shape index (κ2) is 8.53. The highest BCUT2D eigenvalue weighted by molar-refractivity contribution is 7.89. The third-order valence-corrected chi connectivity index (χ3v) is 7.74. The van der Waals surface area contributed by atoms with Crippen molar-refractivity contribution in [3.63, 3.8) is 0 Å². The molecule has 5 rings (SSSR count). The highest BCUT2D eigenvalue weighted by Crippen LogP contribution is 2.31. The summed E-state index contributed by atoms with van der Waals surface area (Å²) in [5.74, 6) is -0.744. The fourth-order valence-electron chi connectivity index (χ4n) is 4.52. The van der Waals surface area contributed by atoms with Crippen LogP contribution in [0.15, 0.2) is 71.8 Å². The summed E-state index contributed by atoms with van der Waals surface area (Å²) in [6, 6.07) is 17.5. The number of fused-ring (bicyclic) bond motifs is 2. The number of nitrogens with one attached hydrogen (secondary N) is 1. The Bertz CT molecular complexity index is 1300. The summed E-state index contributed by atoms with van der Waals surface area (Å²) in [7, 11) is -3.68. The van der Waals surface area contributed by atoms with Crippen molar-refractivity contribution >= 4 is 21.8 Å². The van der Waals surface area contributed by atoms with E-state index in [-0.39, 0.29) is 29.1 Å². The van der Waals surface area contributed by atoms with Crippen LogP contribution in [0, 0.1) is 0 Å². The molecule has 8 heteroatoms. The predicted octanol–water partition coefficient (Wildman–Crippen LogP) is 3.28. The van der Waals surface area contributed by atoms with Crippen molar-refractivity contribution < 1.29 is 18.0 Å². The zero-order chi connectivity index (χ0) is 23.0. The number of hydrogen-bond donors (Lipinski definition) is 1. The number of carbonyl (C=O) groups excluding carboxylic acids is 2. The van der Waals surface area contributed by atoms with Gasteiger partial charge in [-0.25, -0.2) is 13.1 Å². The van der Waals surface area contributed by atoms with Gasteiger partial charge in [0.1, 0.15) is 5.69 Å². The van der Waals surface area contributed by atoms with Crippen LogP contribution < -0.4 is 4.72 Å². The molecule has 0 radical (unpaired) electrons. The number of rotatable bonds is 6. The molecule has 2 heterocycles. The summed E-state index contributed by atoms with van der Waals surface area (Å²) in [5.41, 5.74) is 3.56. The van der Waals surface area contributed by atoms with Crippen molar-refractivity contribution in [1.82, 2.24) is 14.6 Å². The number of benzene rings is 2. The Morgan fingerprint density at radius 2 is 1.76 bits per heavy atom. The fraction of sp³-hybridized carbons (Fsp3) is 0.240. The highest BCUT2D eigenvalue weighted by Gasteiger charge is 2.36. The number of imide groups is 1. The molecule has 2 aromatic carbocycles. The van der Waals surface area contributed by atoms with Crippen LogP contribution in [-0.2, 0) is 22.9 Å². The average Bonchev–Trinajstić information content (AvgIpc) is 3.08. The van der Waals surface area contributed by atoms with Crippen LogP contribution in [0.3, 0.4) is 0 Å². The van der Waals surface area contributed by atoms with E-state index >= 15 is 0 Å². The van der Waals surface area contributed by atoms with E-state index < -0.39 is 15.9 Å². The molecule has 168 valence electrons. The molecule has 1 N–H and O–H groups in total. The van der Waals surface area contributed by atoms with Crippen molar-refractivity contribution in [1.29, 1.82) is 0 Å². The maximum atomic E-state index is 13.0. The first-order valence-corrected chi connectivity index (χ1v) is 12.4. The van der Waals surface area contributed by atoms with Gasteiger partial charge in [-0.15, -0.1) is 0 Å². The molecule has 0 bridgehead atoms. The summed E-state index contributed by atoms with van der Waals surface area (Å²) in [4.78, 5) is 30.3. The van der Waals surface area contributed by atoms with E-state index in [2.05, 4.69) is 15.8 Å². The van der Waals surface area contributed by atoms with E-state index in [4.69, 9.17) is 0 Å². The van der Waals surface area contributed by atoms with Gasteiger partial charge in [0.05, 0.1) is 10.5 Å². The minimum Gasteiger partial charge on any atom is -0.273 e. The predicted molar refractivity (Wildman–Crippen MR) is 122 cm³/mol. The molecule has 1 aromatic heterocycles. The van der Waals surface area contributed by atoms with Gasteiger partial charge < -0.3 is 0 Å². The first-order chi connectivity index (χ1) is 15.9. The SMILES string of the molecule is O=C1c2cccnc2C(=O)N1CCc1ccc(S(=O)(=O)NC2CCCc3ccccc32)cc1. The van der Waals surface area contributed by atoms with E-state index in [0.29, 0.717) is 12.0 Å². The average molecular weight is 462 g/mol. The molecule has 2 amide bonds. The molecular weight excluding hydrogens is 438 g/mol. The van der Waals surface area contributed by atoms with E-state index in [1.807, 2.05) is 18.2 Å². The molecule has 3 aromatic rings. The number of pyridine rings is 1. The maximum Gasteiger partial charge on any atom is 0.280 e. The smallest absolute Gasteiger partial charge is 0.273 e. The van der Waals surface area contributed by atoms with Gasteiger partial charge in [0.25, 0.3) is 11.8 Å². The number of aryl methyl sites for hydroxylation is 1. The zero-order valence-corrected chi connectivity index (χ0v) is 18.7. The Morgan fingerprint density at radius 1 is 0.970 bits per heavy atom. The van der Waals surface area contributed by atoms with E-state index in [1.54, 1.807) is 36.4 Å². The number of carbonyl (C=O) groups is 2. The lowest BCUT2D eigenvalue weighted by atomic mass is 9.88. The van der Waals surface area contributed by atoms with E-state index in [1.165, 1.54) is 16.7 Å². The molecule has 0 fully saturated rings. The Kier molecular flexibility index (Phi) is 5.55. The summed E-state index contributed by atoms with van der Waals surface area (Å²) in [6.07, 6.45) is 4.59. The molecule has 1 atom stereocenters. The standard InChI is InChI=1S/C25H23N3O4S/c29-24-21-8-4-15-26-23(21)25(30)28(24)16-14-17-10-12-19(13-11-17)33(31,32)27-22-9-3-6-18-5-1-2-7-20(18)22/h1-2,4-5,7-8,10-13,15,22,27H,3,6,9,14,16H2. The summed E-state index contributed by atoms with van der Waals surface area (Å²) < 4.78 is 28.8. The Balaban J connectivity index is 1.26. The van der Waals surface area contributed by atoms with Crippen LogP contribution in [0.2, 0.25) is 0 Å². The Hall–Kier alpha value is -3.36. The van der Waals surface area contributed by atoms with Crippen molar-refractivity contribution in [2.75, 3.05) is 6.54 Å². The lowest BCUT2D eigenvalue weighted by Gasteiger charge is -2.26. The van der Waals surface area contributed by atoms with Gasteiger partial charge in [0, 0.05) is 18.8 Å². The molecule has 33 heavy (non-hydrogen) atoms. The Labute approximate surface area is 192 Å². The molecule has 0 spiro atoms. The lowest BCUT2D eigenvalue weighted by molar-refractivity contribution is 0.0654. The molecule has 1 unspecified atom stereocenters. The molecule has 1 aliphatic carbocycles. The molecule has 0 saturated carbocycles. The van der Waals surface area contributed by atoms with Crippen LogP contribution in [0.25, 0.3) is 0 Å². The summed E-state index contributed by atoms with van der Waals surface area (Å²) in [5, 5.41) is 0. The maximum absolute atomic E-state index is 13.0. The Morgan fingerprint density at radius 3 is 2.55 bits per heavy atom. The van der Waals surface area contributed by atoms with E-state index in [0.717, 1.165) is 30.4 Å². The van der Waals surface area contributed by atoms with Gasteiger partial charge in [0.15, 0.2) is 0 Å². The van der Waals surface area contributed by atoms with Gasteiger partial charge in [0.2, 0.25) is 10.0 Å². The third kappa shape index (κ3) is 4.07. The second-order valence-corrected chi connectivity index (χ2v) is 10.0. The highest BCUT2D eigenvalue weighted by atomic mass is 32.2. The zero-order valence-electron chi connectivity index (χ0n) is 17.9. The van der Waals surface area contributed by atoms with Gasteiger partial charge in [-0.2, -0.15) is 0 Å². The van der Waals surface area contributed by atoms with Crippen LogP contribution in [0.1, 0.15) is 56.4 Å². The second-order valence-electron chi connectivity index (χ2n) is 8.32. The quantitative estimate of drug-likeness (QED) is 0.569. The van der Waals surface area contributed by atoms with Gasteiger partial charge in [-0.3, -0.25) is 19.5 Å². The third-order valence-electron chi connectivity index (χ3n) is 6.26. The number of sulfonamides is 1. The first-order valence-electron chi connectivity index (χ1n) is 10.9. The molecule has 2 aliphatic rings. The topological polar surface area (TPSA) is 96.4 Å². The first kappa shape index (κ1) is 21.5.